The Bertz CT molecular complexity index is 1440. The zero-order chi connectivity index (χ0) is 23.1. The van der Waals surface area contributed by atoms with E-state index in [0.29, 0.717) is 16.8 Å². The largest absolute Gasteiger partial charge is 0.507 e. The standard InChI is InChI=1S/C28H22N2O3/c1-17-9-12-23(14-18(17)2)30-25(22-8-5-13-29-16-22)24(27(32)28(30)33)26(31)21-11-10-19-6-3-4-7-20(19)15-21/h3-16,25,31H,1-2H3/b26-24-. The molecular weight excluding hydrogens is 412 g/mol. The zero-order valence-electron chi connectivity index (χ0n) is 18.3. The van der Waals surface area contributed by atoms with E-state index in [0.717, 1.165) is 21.9 Å². The number of hydrogen-bond acceptors (Lipinski definition) is 4. The van der Waals surface area contributed by atoms with Gasteiger partial charge in [-0.3, -0.25) is 19.5 Å². The predicted octanol–water partition coefficient (Wildman–Crippen LogP) is 5.48. The van der Waals surface area contributed by atoms with E-state index >= 15 is 0 Å². The molecular formula is C28H22N2O3. The number of aryl methyl sites for hydroxylation is 2. The molecule has 1 aliphatic rings. The molecule has 0 radical (unpaired) electrons. The zero-order valence-corrected chi connectivity index (χ0v) is 18.3. The minimum atomic E-state index is -0.785. The number of fused-ring (bicyclic) bond motifs is 1. The normalized spacial score (nSPS) is 17.6. The number of rotatable bonds is 3. The number of aromatic nitrogens is 1. The van der Waals surface area contributed by atoms with Crippen LogP contribution in [-0.4, -0.2) is 21.8 Å². The Labute approximate surface area is 191 Å². The number of aliphatic hydroxyl groups excluding tert-OH is 1. The van der Waals surface area contributed by atoms with E-state index in [2.05, 4.69) is 4.98 Å². The van der Waals surface area contributed by atoms with Crippen LogP contribution in [-0.2, 0) is 9.59 Å². The number of amides is 1. The van der Waals surface area contributed by atoms with E-state index in [1.54, 1.807) is 24.5 Å². The maximum Gasteiger partial charge on any atom is 0.300 e. The van der Waals surface area contributed by atoms with Crippen molar-refractivity contribution < 1.29 is 14.7 Å². The highest BCUT2D eigenvalue weighted by molar-refractivity contribution is 6.51. The first-order chi connectivity index (χ1) is 16.0. The molecule has 2 heterocycles. The van der Waals surface area contributed by atoms with Gasteiger partial charge in [-0.15, -0.1) is 0 Å². The second-order valence-corrected chi connectivity index (χ2v) is 8.29. The average Bonchev–Trinajstić information content (AvgIpc) is 3.11. The van der Waals surface area contributed by atoms with Gasteiger partial charge < -0.3 is 5.11 Å². The Morgan fingerprint density at radius 3 is 2.39 bits per heavy atom. The van der Waals surface area contributed by atoms with Crippen LogP contribution in [0.5, 0.6) is 0 Å². The number of carbonyl (C=O) groups is 2. The van der Waals surface area contributed by atoms with Gasteiger partial charge in [-0.25, -0.2) is 0 Å². The Balaban J connectivity index is 1.73. The van der Waals surface area contributed by atoms with E-state index in [1.807, 2.05) is 74.5 Å². The second-order valence-electron chi connectivity index (χ2n) is 8.29. The lowest BCUT2D eigenvalue weighted by molar-refractivity contribution is -0.132. The van der Waals surface area contributed by atoms with E-state index in [1.165, 1.54) is 4.90 Å². The smallest absolute Gasteiger partial charge is 0.300 e. The number of nitrogens with zero attached hydrogens (tertiary/aromatic N) is 2. The van der Waals surface area contributed by atoms with Gasteiger partial charge in [0, 0.05) is 23.6 Å². The van der Waals surface area contributed by atoms with Crippen LogP contribution in [0.1, 0.15) is 28.3 Å². The van der Waals surface area contributed by atoms with Gasteiger partial charge in [0.15, 0.2) is 0 Å². The molecule has 0 bridgehead atoms. The van der Waals surface area contributed by atoms with Gasteiger partial charge in [0.1, 0.15) is 5.76 Å². The minimum Gasteiger partial charge on any atom is -0.507 e. The maximum absolute atomic E-state index is 13.3. The highest BCUT2D eigenvalue weighted by Crippen LogP contribution is 2.42. The van der Waals surface area contributed by atoms with Crippen LogP contribution in [0.25, 0.3) is 16.5 Å². The van der Waals surface area contributed by atoms with Crippen LogP contribution >= 0.6 is 0 Å². The molecule has 1 saturated heterocycles. The molecule has 1 aromatic heterocycles. The predicted molar refractivity (Wildman–Crippen MR) is 129 cm³/mol. The van der Waals surface area contributed by atoms with E-state index < -0.39 is 17.7 Å². The van der Waals surface area contributed by atoms with Crippen molar-refractivity contribution in [1.82, 2.24) is 4.98 Å². The highest BCUT2D eigenvalue weighted by atomic mass is 16.3. The third-order valence-corrected chi connectivity index (χ3v) is 6.24. The van der Waals surface area contributed by atoms with Crippen molar-refractivity contribution in [2.75, 3.05) is 4.90 Å². The van der Waals surface area contributed by atoms with Crippen LogP contribution in [0.15, 0.2) is 90.8 Å². The summed E-state index contributed by atoms with van der Waals surface area (Å²) >= 11 is 0. The fourth-order valence-corrected chi connectivity index (χ4v) is 4.32. The first-order valence-corrected chi connectivity index (χ1v) is 10.7. The summed E-state index contributed by atoms with van der Waals surface area (Å²) in [5.74, 6) is -1.58. The molecule has 3 aromatic carbocycles. The first-order valence-electron chi connectivity index (χ1n) is 10.7. The summed E-state index contributed by atoms with van der Waals surface area (Å²) in [6, 6.07) is 21.7. The van der Waals surface area contributed by atoms with Gasteiger partial charge in [-0.1, -0.05) is 48.5 Å². The van der Waals surface area contributed by atoms with Gasteiger partial charge in [-0.05, 0) is 65.6 Å². The lowest BCUT2D eigenvalue weighted by Crippen LogP contribution is -2.29. The Kier molecular flexibility index (Phi) is 5.02. The molecule has 1 unspecified atom stereocenters. The second kappa shape index (κ2) is 8.02. The summed E-state index contributed by atoms with van der Waals surface area (Å²) in [6.07, 6.45) is 3.26. The number of Topliss-reactive ketones (excluding diaryl/α,β-unsaturated/α-hetero) is 1. The molecule has 0 saturated carbocycles. The number of anilines is 1. The Morgan fingerprint density at radius 1 is 0.879 bits per heavy atom. The van der Waals surface area contributed by atoms with Gasteiger partial charge in [0.2, 0.25) is 0 Å². The molecule has 5 rings (SSSR count). The van der Waals surface area contributed by atoms with Crippen LogP contribution < -0.4 is 4.90 Å². The van der Waals surface area contributed by atoms with Crippen LogP contribution in [0.4, 0.5) is 5.69 Å². The van der Waals surface area contributed by atoms with E-state index in [-0.39, 0.29) is 11.3 Å². The van der Waals surface area contributed by atoms with Crippen molar-refractivity contribution in [3.63, 3.8) is 0 Å². The van der Waals surface area contributed by atoms with Crippen molar-refractivity contribution in [3.8, 4) is 0 Å². The van der Waals surface area contributed by atoms with Crippen molar-refractivity contribution in [2.24, 2.45) is 0 Å². The molecule has 33 heavy (non-hydrogen) atoms. The van der Waals surface area contributed by atoms with Crippen LogP contribution in [0.2, 0.25) is 0 Å². The topological polar surface area (TPSA) is 70.5 Å². The van der Waals surface area contributed by atoms with Gasteiger partial charge in [0.25, 0.3) is 11.7 Å². The summed E-state index contributed by atoms with van der Waals surface area (Å²) in [5.41, 5.74) is 3.89. The molecule has 162 valence electrons. The molecule has 1 amide bonds. The van der Waals surface area contributed by atoms with E-state index in [4.69, 9.17) is 0 Å². The summed E-state index contributed by atoms with van der Waals surface area (Å²) in [5, 5.41) is 13.3. The maximum atomic E-state index is 13.3. The first kappa shape index (κ1) is 20.6. The quantitative estimate of drug-likeness (QED) is 0.263. The number of ketones is 1. The van der Waals surface area contributed by atoms with Crippen molar-refractivity contribution in [2.45, 2.75) is 19.9 Å². The molecule has 0 aliphatic carbocycles. The van der Waals surface area contributed by atoms with Gasteiger partial charge in [-0.2, -0.15) is 0 Å². The third-order valence-electron chi connectivity index (χ3n) is 6.24. The fourth-order valence-electron chi connectivity index (χ4n) is 4.32. The fraction of sp³-hybridized carbons (Fsp3) is 0.107. The molecule has 1 fully saturated rings. The summed E-state index contributed by atoms with van der Waals surface area (Å²) in [6.45, 7) is 3.95. The highest BCUT2D eigenvalue weighted by Gasteiger charge is 2.47. The Hall–Kier alpha value is -4.25. The minimum absolute atomic E-state index is 0.0570. The van der Waals surface area contributed by atoms with E-state index in [9.17, 15) is 14.7 Å². The SMILES string of the molecule is Cc1ccc(N2C(=O)C(=O)/C(=C(\O)c3ccc4ccccc4c3)C2c2cccnc2)cc1C. The molecule has 5 heteroatoms. The number of hydrogen-bond donors (Lipinski definition) is 1. The summed E-state index contributed by atoms with van der Waals surface area (Å²) in [7, 11) is 0. The lowest BCUT2D eigenvalue weighted by Gasteiger charge is -2.25. The summed E-state index contributed by atoms with van der Waals surface area (Å²) < 4.78 is 0. The average molecular weight is 434 g/mol. The number of aliphatic hydroxyl groups is 1. The van der Waals surface area contributed by atoms with Gasteiger partial charge >= 0.3 is 0 Å². The summed E-state index contributed by atoms with van der Waals surface area (Å²) in [4.78, 5) is 32.2. The Morgan fingerprint density at radius 2 is 1.67 bits per heavy atom. The molecule has 4 aromatic rings. The third kappa shape index (κ3) is 3.48. The number of benzene rings is 3. The molecule has 0 spiro atoms. The van der Waals surface area contributed by atoms with Crippen LogP contribution in [0, 0.1) is 13.8 Å². The number of carbonyl (C=O) groups excluding carboxylic acids is 2. The molecule has 1 aliphatic heterocycles. The molecule has 1 N–H and O–H groups in total. The van der Waals surface area contributed by atoms with Crippen molar-refractivity contribution in [3.05, 3.63) is 113 Å². The molecule has 5 nitrogen and oxygen atoms in total. The van der Waals surface area contributed by atoms with Gasteiger partial charge in [0.05, 0.1) is 11.6 Å². The lowest BCUT2D eigenvalue weighted by atomic mass is 9.95. The molecule has 1 atom stereocenters. The monoisotopic (exact) mass is 434 g/mol. The van der Waals surface area contributed by atoms with Crippen molar-refractivity contribution >= 4 is 33.9 Å². The van der Waals surface area contributed by atoms with Crippen molar-refractivity contribution in [1.29, 1.82) is 0 Å². The van der Waals surface area contributed by atoms with Crippen LogP contribution in [0.3, 0.4) is 0 Å². The number of pyridine rings is 1.